The molecule has 0 aliphatic carbocycles. The molecule has 5 nitrogen and oxygen atoms in total. The average Bonchev–Trinajstić information content (AvgIpc) is 2.36. The Labute approximate surface area is 104 Å². The first-order chi connectivity index (χ1) is 8.61. The van der Waals surface area contributed by atoms with E-state index in [1.54, 1.807) is 30.3 Å². The highest BCUT2D eigenvalue weighted by atomic mass is 16.4. The zero-order chi connectivity index (χ0) is 13.4. The molecule has 1 amide bonds. The number of carbonyl (C=O) groups is 2. The number of amides is 1. The average molecular weight is 244 g/mol. The summed E-state index contributed by atoms with van der Waals surface area (Å²) in [6.07, 6.45) is 2.76. The summed E-state index contributed by atoms with van der Waals surface area (Å²) in [4.78, 5) is 21.5. The number of aliphatic carboxylic acids is 1. The summed E-state index contributed by atoms with van der Waals surface area (Å²) < 4.78 is 0. The van der Waals surface area contributed by atoms with Crippen LogP contribution in [0.5, 0.6) is 0 Å². The molecule has 2 N–H and O–H groups in total. The van der Waals surface area contributed by atoms with Gasteiger partial charge in [-0.05, 0) is 23.8 Å². The van der Waals surface area contributed by atoms with E-state index >= 15 is 0 Å². The van der Waals surface area contributed by atoms with E-state index in [-0.39, 0.29) is 18.9 Å². The van der Waals surface area contributed by atoms with E-state index < -0.39 is 5.97 Å². The summed E-state index contributed by atoms with van der Waals surface area (Å²) in [5.41, 5.74) is 1.26. The second kappa shape index (κ2) is 6.86. The molecular formula is C13H12N2O3. The van der Waals surface area contributed by atoms with Crippen LogP contribution in [0.4, 0.5) is 0 Å². The molecule has 0 aromatic heterocycles. The molecule has 0 unspecified atom stereocenters. The molecule has 0 heterocycles. The highest BCUT2D eigenvalue weighted by molar-refractivity contribution is 5.91. The Kier molecular flexibility index (Phi) is 5.13. The van der Waals surface area contributed by atoms with Crippen molar-refractivity contribution < 1.29 is 14.7 Å². The second-order valence-electron chi connectivity index (χ2n) is 3.51. The first-order valence-corrected chi connectivity index (χ1v) is 5.29. The molecule has 0 fully saturated rings. The van der Waals surface area contributed by atoms with Gasteiger partial charge in [0.05, 0.1) is 18.1 Å². The summed E-state index contributed by atoms with van der Waals surface area (Å²) in [5.74, 6) is -1.32. The molecular weight excluding hydrogens is 232 g/mol. The van der Waals surface area contributed by atoms with Crippen molar-refractivity contribution in [3.05, 3.63) is 41.5 Å². The predicted octanol–water partition coefficient (Wildman–Crippen LogP) is 1.16. The maximum absolute atomic E-state index is 11.3. The van der Waals surface area contributed by atoms with Crippen LogP contribution in [0, 0.1) is 11.3 Å². The van der Waals surface area contributed by atoms with Gasteiger partial charge in [-0.15, -0.1) is 0 Å². The summed E-state index contributed by atoms with van der Waals surface area (Å²) in [7, 11) is 0. The van der Waals surface area contributed by atoms with Gasteiger partial charge in [-0.25, -0.2) is 0 Å². The van der Waals surface area contributed by atoms with Crippen molar-refractivity contribution in [3.63, 3.8) is 0 Å². The van der Waals surface area contributed by atoms with Gasteiger partial charge in [-0.3, -0.25) is 9.59 Å². The Hall–Kier alpha value is -2.61. The number of hydrogen-bond donors (Lipinski definition) is 2. The van der Waals surface area contributed by atoms with Crippen LogP contribution in [0.25, 0.3) is 6.08 Å². The molecule has 0 saturated carbocycles. The summed E-state index contributed by atoms with van der Waals surface area (Å²) in [6, 6.07) is 8.82. The normalized spacial score (nSPS) is 9.94. The van der Waals surface area contributed by atoms with Gasteiger partial charge in [-0.2, -0.15) is 5.26 Å². The fourth-order valence-corrected chi connectivity index (χ4v) is 1.24. The number of nitrogens with one attached hydrogen (secondary N) is 1. The Balaban J connectivity index is 2.50. The lowest BCUT2D eigenvalue weighted by Crippen LogP contribution is -2.23. The van der Waals surface area contributed by atoms with E-state index in [1.807, 2.05) is 6.07 Å². The van der Waals surface area contributed by atoms with Crippen molar-refractivity contribution >= 4 is 18.0 Å². The fraction of sp³-hybridized carbons (Fsp3) is 0.154. The standard InChI is InChI=1S/C13H12N2O3/c14-9-11-3-1-2-10(8-11)4-5-12(16)15-7-6-13(17)18/h1-5,8H,6-7H2,(H,15,16)(H,17,18)/b5-4+. The number of carboxylic acids is 1. The van der Waals surface area contributed by atoms with E-state index in [0.29, 0.717) is 5.56 Å². The summed E-state index contributed by atoms with van der Waals surface area (Å²) >= 11 is 0. The van der Waals surface area contributed by atoms with E-state index in [4.69, 9.17) is 10.4 Å². The van der Waals surface area contributed by atoms with Crippen molar-refractivity contribution in [1.82, 2.24) is 5.32 Å². The third kappa shape index (κ3) is 4.94. The first kappa shape index (κ1) is 13.5. The molecule has 0 aliphatic rings. The van der Waals surface area contributed by atoms with Crippen LogP contribution in [0.15, 0.2) is 30.3 Å². The zero-order valence-corrected chi connectivity index (χ0v) is 9.59. The van der Waals surface area contributed by atoms with Crippen molar-refractivity contribution in [2.75, 3.05) is 6.54 Å². The van der Waals surface area contributed by atoms with Crippen LogP contribution < -0.4 is 5.32 Å². The Morgan fingerprint density at radius 1 is 1.44 bits per heavy atom. The highest BCUT2D eigenvalue weighted by Crippen LogP contribution is 2.05. The van der Waals surface area contributed by atoms with E-state index in [1.165, 1.54) is 6.08 Å². The van der Waals surface area contributed by atoms with Gasteiger partial charge in [0.15, 0.2) is 0 Å². The lowest BCUT2D eigenvalue weighted by molar-refractivity contribution is -0.136. The van der Waals surface area contributed by atoms with Gasteiger partial charge in [0.1, 0.15) is 0 Å². The molecule has 1 rings (SSSR count). The predicted molar refractivity (Wildman–Crippen MR) is 65.5 cm³/mol. The molecule has 18 heavy (non-hydrogen) atoms. The van der Waals surface area contributed by atoms with Gasteiger partial charge < -0.3 is 10.4 Å². The number of carbonyl (C=O) groups excluding carboxylic acids is 1. The van der Waals surface area contributed by atoms with Gasteiger partial charge >= 0.3 is 5.97 Å². The Bertz CT molecular complexity index is 515. The minimum absolute atomic E-state index is 0.0940. The minimum Gasteiger partial charge on any atom is -0.481 e. The topological polar surface area (TPSA) is 90.2 Å². The van der Waals surface area contributed by atoms with Gasteiger partial charge in [0.2, 0.25) is 5.91 Å². The molecule has 92 valence electrons. The summed E-state index contributed by atoms with van der Waals surface area (Å²) in [5, 5.41) is 19.5. The largest absolute Gasteiger partial charge is 0.481 e. The van der Waals surface area contributed by atoms with Crippen molar-refractivity contribution in [3.8, 4) is 6.07 Å². The third-order valence-electron chi connectivity index (χ3n) is 2.08. The van der Waals surface area contributed by atoms with Crippen LogP contribution >= 0.6 is 0 Å². The molecule has 1 aromatic rings. The SMILES string of the molecule is N#Cc1cccc(/C=C/C(=O)NCCC(=O)O)c1. The van der Waals surface area contributed by atoms with Gasteiger partial charge in [0, 0.05) is 12.6 Å². The lowest BCUT2D eigenvalue weighted by atomic mass is 10.1. The smallest absolute Gasteiger partial charge is 0.305 e. The van der Waals surface area contributed by atoms with E-state index in [9.17, 15) is 9.59 Å². The zero-order valence-electron chi connectivity index (χ0n) is 9.59. The van der Waals surface area contributed by atoms with Gasteiger partial charge in [-0.1, -0.05) is 12.1 Å². The Morgan fingerprint density at radius 2 is 2.22 bits per heavy atom. The molecule has 0 saturated heterocycles. The highest BCUT2D eigenvalue weighted by Gasteiger charge is 1.98. The number of nitriles is 1. The maximum atomic E-state index is 11.3. The second-order valence-corrected chi connectivity index (χ2v) is 3.51. The van der Waals surface area contributed by atoms with Crippen molar-refractivity contribution in [2.24, 2.45) is 0 Å². The molecule has 5 heteroatoms. The number of nitrogens with zero attached hydrogens (tertiary/aromatic N) is 1. The lowest BCUT2D eigenvalue weighted by Gasteiger charge is -1.98. The van der Waals surface area contributed by atoms with Crippen LogP contribution in [0.2, 0.25) is 0 Å². The maximum Gasteiger partial charge on any atom is 0.305 e. The molecule has 0 spiro atoms. The van der Waals surface area contributed by atoms with Crippen molar-refractivity contribution in [2.45, 2.75) is 6.42 Å². The van der Waals surface area contributed by atoms with Crippen LogP contribution in [0.1, 0.15) is 17.5 Å². The number of rotatable bonds is 5. The first-order valence-electron chi connectivity index (χ1n) is 5.29. The molecule has 0 bridgehead atoms. The van der Waals surface area contributed by atoms with Crippen LogP contribution in [0.3, 0.4) is 0 Å². The van der Waals surface area contributed by atoms with E-state index in [0.717, 1.165) is 5.56 Å². The summed E-state index contributed by atoms with van der Waals surface area (Å²) in [6.45, 7) is 0.0940. The minimum atomic E-state index is -0.957. The number of hydrogen-bond acceptors (Lipinski definition) is 3. The third-order valence-corrected chi connectivity index (χ3v) is 2.08. The molecule has 1 aromatic carbocycles. The number of carboxylic acid groups (broad SMARTS) is 1. The molecule has 0 aliphatic heterocycles. The van der Waals surface area contributed by atoms with E-state index in [2.05, 4.69) is 5.32 Å². The molecule has 0 atom stereocenters. The van der Waals surface area contributed by atoms with Gasteiger partial charge in [0.25, 0.3) is 0 Å². The monoisotopic (exact) mass is 244 g/mol. The Morgan fingerprint density at radius 3 is 2.89 bits per heavy atom. The van der Waals surface area contributed by atoms with Crippen LogP contribution in [-0.2, 0) is 9.59 Å². The fourth-order valence-electron chi connectivity index (χ4n) is 1.24. The van der Waals surface area contributed by atoms with Crippen LogP contribution in [-0.4, -0.2) is 23.5 Å². The number of benzene rings is 1. The quantitative estimate of drug-likeness (QED) is 0.760. The van der Waals surface area contributed by atoms with Crippen molar-refractivity contribution in [1.29, 1.82) is 5.26 Å². The molecule has 0 radical (unpaired) electrons.